The van der Waals surface area contributed by atoms with Gasteiger partial charge in [0.15, 0.2) is 11.2 Å². The number of hydrogen-bond acceptors (Lipinski definition) is 6. The number of fused-ring (bicyclic) bond motifs is 1. The van der Waals surface area contributed by atoms with Crippen LogP contribution in [0.3, 0.4) is 0 Å². The third-order valence-corrected chi connectivity index (χ3v) is 6.83. The van der Waals surface area contributed by atoms with Gasteiger partial charge in [-0.25, -0.2) is 9.78 Å². The van der Waals surface area contributed by atoms with Crippen LogP contribution in [0.5, 0.6) is 0 Å². The first-order valence-corrected chi connectivity index (χ1v) is 11.7. The predicted octanol–water partition coefficient (Wildman–Crippen LogP) is 2.60. The lowest BCUT2D eigenvalue weighted by molar-refractivity contribution is 0.207. The van der Waals surface area contributed by atoms with E-state index in [1.54, 1.807) is 31.8 Å². The Bertz CT molecular complexity index is 1170. The molecule has 10 heteroatoms. The van der Waals surface area contributed by atoms with Crippen molar-refractivity contribution in [3.8, 4) is 0 Å². The normalized spacial score (nSPS) is 13.6. The van der Waals surface area contributed by atoms with Crippen molar-refractivity contribution in [3.63, 3.8) is 0 Å². The fourth-order valence-corrected chi connectivity index (χ4v) is 4.50. The standard InChI is InChI=1S/C20H27N4O5P/c1-4-28-30(27,5-2)29-13-9-12-24-19(25)17-18(22(3)20(24)26)21-15-23(17)14-16-10-7-6-8-11-16/h6-8,10-11,15H,4-5,9,12-14H2,1-3H3. The Balaban J connectivity index is 1.85. The average Bonchev–Trinajstić information content (AvgIpc) is 3.16. The van der Waals surface area contributed by atoms with Gasteiger partial charge in [-0.3, -0.25) is 18.5 Å². The number of aromatic nitrogens is 4. The molecule has 0 fully saturated rings. The van der Waals surface area contributed by atoms with Crippen LogP contribution in [-0.4, -0.2) is 38.1 Å². The molecular weight excluding hydrogens is 407 g/mol. The highest BCUT2D eigenvalue weighted by atomic mass is 31.2. The van der Waals surface area contributed by atoms with Crippen LogP contribution in [0.1, 0.15) is 25.8 Å². The second-order valence-electron chi connectivity index (χ2n) is 6.86. The summed E-state index contributed by atoms with van der Waals surface area (Å²) in [6.07, 6.45) is 2.20. The summed E-state index contributed by atoms with van der Waals surface area (Å²) in [5.74, 6) is 0. The average molecular weight is 434 g/mol. The number of nitrogens with zero attached hydrogens (tertiary/aromatic N) is 4. The Morgan fingerprint density at radius 1 is 1.10 bits per heavy atom. The monoisotopic (exact) mass is 434 g/mol. The minimum Gasteiger partial charge on any atom is -0.320 e. The molecule has 0 saturated carbocycles. The molecule has 0 saturated heterocycles. The maximum Gasteiger partial charge on any atom is 0.332 e. The summed E-state index contributed by atoms with van der Waals surface area (Å²) in [7, 11) is -1.52. The van der Waals surface area contributed by atoms with Gasteiger partial charge in [0.2, 0.25) is 0 Å². The highest BCUT2D eigenvalue weighted by Crippen LogP contribution is 2.47. The summed E-state index contributed by atoms with van der Waals surface area (Å²) < 4.78 is 27.3. The van der Waals surface area contributed by atoms with Crippen LogP contribution in [0.4, 0.5) is 0 Å². The van der Waals surface area contributed by atoms with Crippen molar-refractivity contribution in [1.82, 2.24) is 18.7 Å². The summed E-state index contributed by atoms with van der Waals surface area (Å²) in [6.45, 7) is 4.53. The minimum absolute atomic E-state index is 0.127. The van der Waals surface area contributed by atoms with Crippen molar-refractivity contribution in [2.45, 2.75) is 33.4 Å². The van der Waals surface area contributed by atoms with Crippen LogP contribution in [0.15, 0.2) is 46.2 Å². The molecule has 0 bridgehead atoms. The fourth-order valence-electron chi connectivity index (χ4n) is 3.26. The second kappa shape index (κ2) is 9.55. The molecule has 30 heavy (non-hydrogen) atoms. The van der Waals surface area contributed by atoms with Crippen LogP contribution in [0.2, 0.25) is 0 Å². The van der Waals surface area contributed by atoms with Crippen molar-refractivity contribution < 1.29 is 13.6 Å². The van der Waals surface area contributed by atoms with E-state index in [0.29, 0.717) is 30.7 Å². The lowest BCUT2D eigenvalue weighted by Crippen LogP contribution is -2.40. The highest BCUT2D eigenvalue weighted by Gasteiger charge is 2.21. The largest absolute Gasteiger partial charge is 0.332 e. The zero-order valence-corrected chi connectivity index (χ0v) is 18.4. The quantitative estimate of drug-likeness (QED) is 0.359. The minimum atomic E-state index is -3.12. The molecule has 1 aromatic carbocycles. The Hall–Kier alpha value is -2.48. The van der Waals surface area contributed by atoms with Gasteiger partial charge >= 0.3 is 13.3 Å². The number of benzene rings is 1. The number of imidazole rings is 1. The van der Waals surface area contributed by atoms with Crippen LogP contribution in [0.25, 0.3) is 11.2 Å². The van der Waals surface area contributed by atoms with Crippen molar-refractivity contribution in [2.24, 2.45) is 7.05 Å². The molecule has 0 amide bonds. The number of aryl methyl sites for hydroxylation is 1. The molecule has 1 atom stereocenters. The third-order valence-electron chi connectivity index (χ3n) is 4.82. The first-order chi connectivity index (χ1) is 14.4. The van der Waals surface area contributed by atoms with Crippen LogP contribution in [0, 0.1) is 0 Å². The summed E-state index contributed by atoms with van der Waals surface area (Å²) in [6, 6.07) is 9.72. The molecule has 3 aromatic rings. The number of rotatable bonds is 10. The molecule has 0 N–H and O–H groups in total. The van der Waals surface area contributed by atoms with Crippen molar-refractivity contribution >= 4 is 18.8 Å². The van der Waals surface area contributed by atoms with Gasteiger partial charge in [-0.1, -0.05) is 37.3 Å². The molecule has 3 rings (SSSR count). The van der Waals surface area contributed by atoms with Gasteiger partial charge in [0.05, 0.1) is 19.5 Å². The molecule has 1 unspecified atom stereocenters. The van der Waals surface area contributed by atoms with Crippen LogP contribution < -0.4 is 11.2 Å². The summed E-state index contributed by atoms with van der Waals surface area (Å²) in [5.41, 5.74) is 0.901. The zero-order chi connectivity index (χ0) is 21.7. The van der Waals surface area contributed by atoms with Gasteiger partial charge in [-0.05, 0) is 18.9 Å². The maximum atomic E-state index is 13.1. The van der Waals surface area contributed by atoms with E-state index in [4.69, 9.17) is 9.05 Å². The summed E-state index contributed by atoms with van der Waals surface area (Å²) >= 11 is 0. The van der Waals surface area contributed by atoms with Crippen molar-refractivity contribution in [3.05, 3.63) is 63.1 Å². The van der Waals surface area contributed by atoms with E-state index in [9.17, 15) is 14.2 Å². The first kappa shape index (κ1) is 22.2. The van der Waals surface area contributed by atoms with Gasteiger partial charge in [0, 0.05) is 26.3 Å². The van der Waals surface area contributed by atoms with E-state index in [1.807, 2.05) is 30.3 Å². The van der Waals surface area contributed by atoms with E-state index >= 15 is 0 Å². The van der Waals surface area contributed by atoms with E-state index in [-0.39, 0.29) is 19.3 Å². The molecule has 0 aliphatic heterocycles. The third kappa shape index (κ3) is 4.64. The number of hydrogen-bond donors (Lipinski definition) is 0. The highest BCUT2D eigenvalue weighted by molar-refractivity contribution is 7.53. The van der Waals surface area contributed by atoms with E-state index in [2.05, 4.69) is 4.98 Å². The molecule has 162 valence electrons. The predicted molar refractivity (Wildman–Crippen MR) is 115 cm³/mol. The van der Waals surface area contributed by atoms with Crippen LogP contribution in [-0.2, 0) is 33.7 Å². The van der Waals surface area contributed by atoms with Crippen LogP contribution >= 0.6 is 7.60 Å². The lowest BCUT2D eigenvalue weighted by atomic mass is 10.2. The van der Waals surface area contributed by atoms with Gasteiger partial charge in [-0.2, -0.15) is 0 Å². The van der Waals surface area contributed by atoms with Gasteiger partial charge in [0.1, 0.15) is 0 Å². The Labute approximate surface area is 174 Å². The molecule has 2 aromatic heterocycles. The molecule has 9 nitrogen and oxygen atoms in total. The smallest absolute Gasteiger partial charge is 0.320 e. The molecule has 0 spiro atoms. The Kier molecular flexibility index (Phi) is 7.07. The topological polar surface area (TPSA) is 97.3 Å². The SMILES string of the molecule is CCOP(=O)(CC)OCCCn1c(=O)c2c(ncn2Cc2ccccc2)n(C)c1=O. The Morgan fingerprint density at radius 2 is 1.83 bits per heavy atom. The molecular formula is C20H27N4O5P. The second-order valence-corrected chi connectivity index (χ2v) is 9.23. The maximum absolute atomic E-state index is 13.1. The summed E-state index contributed by atoms with van der Waals surface area (Å²) in [4.78, 5) is 30.0. The molecule has 0 aliphatic rings. The first-order valence-electron chi connectivity index (χ1n) is 9.97. The molecule has 0 radical (unpaired) electrons. The van der Waals surface area contributed by atoms with Gasteiger partial charge in [0.25, 0.3) is 5.56 Å². The molecule has 0 aliphatic carbocycles. The Morgan fingerprint density at radius 3 is 2.50 bits per heavy atom. The van der Waals surface area contributed by atoms with E-state index in [0.717, 1.165) is 5.56 Å². The van der Waals surface area contributed by atoms with Gasteiger partial charge in [-0.15, -0.1) is 0 Å². The lowest BCUT2D eigenvalue weighted by Gasteiger charge is -2.16. The fraction of sp³-hybridized carbons (Fsp3) is 0.450. The van der Waals surface area contributed by atoms with Crippen molar-refractivity contribution in [2.75, 3.05) is 19.4 Å². The van der Waals surface area contributed by atoms with Gasteiger partial charge < -0.3 is 13.6 Å². The van der Waals surface area contributed by atoms with E-state index < -0.39 is 18.8 Å². The summed E-state index contributed by atoms with van der Waals surface area (Å²) in [5, 5.41) is 0. The molecule has 2 heterocycles. The van der Waals surface area contributed by atoms with E-state index in [1.165, 1.54) is 9.13 Å². The zero-order valence-electron chi connectivity index (χ0n) is 17.5. The van der Waals surface area contributed by atoms with Crippen molar-refractivity contribution in [1.29, 1.82) is 0 Å².